The van der Waals surface area contributed by atoms with Gasteiger partial charge in [-0.25, -0.2) is 0 Å². The number of nitrogens with two attached hydrogens (primary N) is 1. The molecule has 0 spiro atoms. The van der Waals surface area contributed by atoms with Crippen LogP contribution in [0.5, 0.6) is 0 Å². The normalized spacial score (nSPS) is 28.2. The highest BCUT2D eigenvalue weighted by Crippen LogP contribution is 2.33. The highest BCUT2D eigenvalue weighted by molar-refractivity contribution is 5.28. The molecule has 1 aliphatic rings. The second-order valence-corrected chi connectivity index (χ2v) is 3.56. The van der Waals surface area contributed by atoms with Crippen molar-refractivity contribution in [3.63, 3.8) is 0 Å². The van der Waals surface area contributed by atoms with Crippen molar-refractivity contribution in [1.82, 2.24) is 4.98 Å². The van der Waals surface area contributed by atoms with E-state index in [-0.39, 0.29) is 6.04 Å². The standard InChI is InChI=1S/C10H14N2/c1-7-4-5-9(11)10-8(7)3-2-6-12-10/h2-3,6-7,9H,4-5,11H2,1H3. The second kappa shape index (κ2) is 2.87. The maximum Gasteiger partial charge on any atom is 0.0605 e. The van der Waals surface area contributed by atoms with Gasteiger partial charge in [-0.15, -0.1) is 0 Å². The Hall–Kier alpha value is -0.890. The summed E-state index contributed by atoms with van der Waals surface area (Å²) < 4.78 is 0. The summed E-state index contributed by atoms with van der Waals surface area (Å²) in [6.07, 6.45) is 4.10. The van der Waals surface area contributed by atoms with Gasteiger partial charge in [0.2, 0.25) is 0 Å². The first-order valence-corrected chi connectivity index (χ1v) is 4.49. The summed E-state index contributed by atoms with van der Waals surface area (Å²) in [6.45, 7) is 2.24. The Morgan fingerprint density at radius 1 is 1.50 bits per heavy atom. The molecule has 12 heavy (non-hydrogen) atoms. The average molecular weight is 162 g/mol. The van der Waals surface area contributed by atoms with Gasteiger partial charge in [-0.2, -0.15) is 0 Å². The van der Waals surface area contributed by atoms with E-state index in [4.69, 9.17) is 5.73 Å². The zero-order valence-corrected chi connectivity index (χ0v) is 7.33. The molecule has 2 atom stereocenters. The summed E-state index contributed by atoms with van der Waals surface area (Å²) in [6, 6.07) is 4.30. The zero-order chi connectivity index (χ0) is 8.55. The molecule has 2 rings (SSSR count). The van der Waals surface area contributed by atoms with Crippen LogP contribution in [0, 0.1) is 0 Å². The number of aromatic nitrogens is 1. The highest BCUT2D eigenvalue weighted by atomic mass is 14.8. The molecule has 0 aromatic carbocycles. The highest BCUT2D eigenvalue weighted by Gasteiger charge is 2.22. The molecule has 0 saturated carbocycles. The summed E-state index contributed by atoms with van der Waals surface area (Å²) >= 11 is 0. The number of rotatable bonds is 0. The van der Waals surface area contributed by atoms with Crippen molar-refractivity contribution in [2.45, 2.75) is 31.7 Å². The van der Waals surface area contributed by atoms with E-state index in [1.807, 2.05) is 12.3 Å². The Morgan fingerprint density at radius 2 is 2.33 bits per heavy atom. The van der Waals surface area contributed by atoms with Gasteiger partial charge in [0.1, 0.15) is 0 Å². The number of nitrogens with zero attached hydrogens (tertiary/aromatic N) is 1. The third-order valence-electron chi connectivity index (χ3n) is 2.66. The van der Waals surface area contributed by atoms with Crippen LogP contribution in [0.1, 0.15) is 43.0 Å². The van der Waals surface area contributed by atoms with Crippen LogP contribution < -0.4 is 5.73 Å². The maximum atomic E-state index is 5.95. The summed E-state index contributed by atoms with van der Waals surface area (Å²) in [4.78, 5) is 4.33. The Morgan fingerprint density at radius 3 is 3.08 bits per heavy atom. The molecule has 1 aromatic rings. The Labute approximate surface area is 72.8 Å². The van der Waals surface area contributed by atoms with E-state index in [0.717, 1.165) is 12.1 Å². The van der Waals surface area contributed by atoms with Gasteiger partial charge in [-0.3, -0.25) is 4.98 Å². The molecular weight excluding hydrogens is 148 g/mol. The van der Waals surface area contributed by atoms with E-state index >= 15 is 0 Å². The van der Waals surface area contributed by atoms with E-state index < -0.39 is 0 Å². The monoisotopic (exact) mass is 162 g/mol. The van der Waals surface area contributed by atoms with Crippen LogP contribution in [0.3, 0.4) is 0 Å². The molecular formula is C10H14N2. The maximum absolute atomic E-state index is 5.95. The van der Waals surface area contributed by atoms with Crippen molar-refractivity contribution < 1.29 is 0 Å². The van der Waals surface area contributed by atoms with Crippen LogP contribution in [0.25, 0.3) is 0 Å². The summed E-state index contributed by atoms with van der Waals surface area (Å²) in [5.41, 5.74) is 8.40. The van der Waals surface area contributed by atoms with Crippen LogP contribution >= 0.6 is 0 Å². The molecule has 2 unspecified atom stereocenters. The molecule has 0 aliphatic heterocycles. The smallest absolute Gasteiger partial charge is 0.0605 e. The number of fused-ring (bicyclic) bond motifs is 1. The first-order valence-electron chi connectivity index (χ1n) is 4.49. The number of hydrogen-bond donors (Lipinski definition) is 1. The first-order chi connectivity index (χ1) is 5.79. The molecule has 64 valence electrons. The topological polar surface area (TPSA) is 38.9 Å². The van der Waals surface area contributed by atoms with Gasteiger partial charge in [-0.1, -0.05) is 13.0 Å². The molecule has 0 amide bonds. The van der Waals surface area contributed by atoms with Crippen molar-refractivity contribution >= 4 is 0 Å². The van der Waals surface area contributed by atoms with E-state index in [0.29, 0.717) is 5.92 Å². The minimum absolute atomic E-state index is 0.164. The van der Waals surface area contributed by atoms with Gasteiger partial charge in [0.15, 0.2) is 0 Å². The molecule has 1 aliphatic carbocycles. The molecule has 0 saturated heterocycles. The molecule has 2 nitrogen and oxygen atoms in total. The van der Waals surface area contributed by atoms with Gasteiger partial charge in [-0.05, 0) is 30.4 Å². The fraction of sp³-hybridized carbons (Fsp3) is 0.500. The number of pyridine rings is 1. The van der Waals surface area contributed by atoms with E-state index in [1.54, 1.807) is 0 Å². The predicted octanol–water partition coefficient (Wildman–Crippen LogP) is 1.98. The van der Waals surface area contributed by atoms with E-state index in [2.05, 4.69) is 18.0 Å². The quantitative estimate of drug-likeness (QED) is 0.633. The Kier molecular flexibility index (Phi) is 1.85. The van der Waals surface area contributed by atoms with Crippen LogP contribution in [0.4, 0.5) is 0 Å². The predicted molar refractivity (Wildman–Crippen MR) is 48.8 cm³/mol. The van der Waals surface area contributed by atoms with E-state index in [1.165, 1.54) is 12.0 Å². The average Bonchev–Trinajstić information content (AvgIpc) is 2.12. The minimum Gasteiger partial charge on any atom is -0.323 e. The van der Waals surface area contributed by atoms with Crippen molar-refractivity contribution in [3.05, 3.63) is 29.6 Å². The third-order valence-corrected chi connectivity index (χ3v) is 2.66. The zero-order valence-electron chi connectivity index (χ0n) is 7.33. The second-order valence-electron chi connectivity index (χ2n) is 3.56. The largest absolute Gasteiger partial charge is 0.323 e. The molecule has 1 aromatic heterocycles. The molecule has 0 fully saturated rings. The van der Waals surface area contributed by atoms with Crippen LogP contribution in [0.2, 0.25) is 0 Å². The van der Waals surface area contributed by atoms with Gasteiger partial charge < -0.3 is 5.73 Å². The van der Waals surface area contributed by atoms with E-state index in [9.17, 15) is 0 Å². The lowest BCUT2D eigenvalue weighted by molar-refractivity contribution is 0.501. The van der Waals surface area contributed by atoms with Crippen molar-refractivity contribution in [2.24, 2.45) is 5.73 Å². The molecule has 0 radical (unpaired) electrons. The minimum atomic E-state index is 0.164. The Bertz CT molecular complexity index is 254. The van der Waals surface area contributed by atoms with Crippen LogP contribution in [0.15, 0.2) is 18.3 Å². The first kappa shape index (κ1) is 7.74. The SMILES string of the molecule is CC1CCC(N)c2ncccc21. The molecule has 2 N–H and O–H groups in total. The van der Waals surface area contributed by atoms with Gasteiger partial charge in [0.25, 0.3) is 0 Å². The van der Waals surface area contributed by atoms with Gasteiger partial charge in [0.05, 0.1) is 5.69 Å². The molecule has 0 bridgehead atoms. The lowest BCUT2D eigenvalue weighted by atomic mass is 9.84. The lowest BCUT2D eigenvalue weighted by Gasteiger charge is -2.25. The number of hydrogen-bond acceptors (Lipinski definition) is 2. The third kappa shape index (κ3) is 1.12. The van der Waals surface area contributed by atoms with Crippen LogP contribution in [-0.2, 0) is 0 Å². The Balaban J connectivity index is 2.47. The van der Waals surface area contributed by atoms with Crippen molar-refractivity contribution in [1.29, 1.82) is 0 Å². The summed E-state index contributed by atoms with van der Waals surface area (Å²) in [5.74, 6) is 0.633. The molecule has 1 heterocycles. The van der Waals surface area contributed by atoms with Gasteiger partial charge in [0, 0.05) is 12.2 Å². The van der Waals surface area contributed by atoms with Crippen molar-refractivity contribution in [2.75, 3.05) is 0 Å². The van der Waals surface area contributed by atoms with Gasteiger partial charge >= 0.3 is 0 Å². The summed E-state index contributed by atoms with van der Waals surface area (Å²) in [5, 5.41) is 0. The fourth-order valence-electron chi connectivity index (χ4n) is 1.88. The van der Waals surface area contributed by atoms with Crippen LogP contribution in [-0.4, -0.2) is 4.98 Å². The molecule has 2 heteroatoms. The lowest BCUT2D eigenvalue weighted by Crippen LogP contribution is -2.20. The fourth-order valence-corrected chi connectivity index (χ4v) is 1.88. The van der Waals surface area contributed by atoms with Crippen molar-refractivity contribution in [3.8, 4) is 0 Å². The summed E-state index contributed by atoms with van der Waals surface area (Å²) in [7, 11) is 0.